The van der Waals surface area contributed by atoms with Crippen LogP contribution in [-0.4, -0.2) is 28.0 Å². The highest BCUT2D eigenvalue weighted by Gasteiger charge is 2.17. The van der Waals surface area contributed by atoms with Crippen molar-refractivity contribution in [2.24, 2.45) is 0 Å². The largest absolute Gasteiger partial charge is 0.481 e. The summed E-state index contributed by atoms with van der Waals surface area (Å²) in [4.78, 5) is 38.9. The lowest BCUT2D eigenvalue weighted by molar-refractivity contribution is -0.137. The van der Waals surface area contributed by atoms with Crippen LogP contribution < -0.4 is 10.6 Å². The fourth-order valence-electron chi connectivity index (χ4n) is 2.12. The van der Waals surface area contributed by atoms with Gasteiger partial charge in [-0.2, -0.15) is 0 Å². The van der Waals surface area contributed by atoms with Crippen molar-refractivity contribution in [3.05, 3.63) is 10.6 Å². The Labute approximate surface area is 125 Å². The Morgan fingerprint density at radius 1 is 1.19 bits per heavy atom. The number of rotatable bonds is 5. The first kappa shape index (κ1) is 15.4. The Morgan fingerprint density at radius 3 is 2.67 bits per heavy atom. The van der Waals surface area contributed by atoms with Crippen molar-refractivity contribution < 1.29 is 19.5 Å². The summed E-state index contributed by atoms with van der Waals surface area (Å²) >= 11 is 1.44. The van der Waals surface area contributed by atoms with Gasteiger partial charge in [-0.3, -0.25) is 20.2 Å². The maximum absolute atomic E-state index is 11.6. The average molecular weight is 311 g/mol. The summed E-state index contributed by atoms with van der Waals surface area (Å²) in [6.45, 7) is 0. The van der Waals surface area contributed by atoms with Crippen LogP contribution in [0.25, 0.3) is 0 Å². The Balaban J connectivity index is 1.77. The van der Waals surface area contributed by atoms with Crippen LogP contribution in [0.15, 0.2) is 0 Å². The van der Waals surface area contributed by atoms with E-state index >= 15 is 0 Å². The maximum atomic E-state index is 11.6. The highest BCUT2D eigenvalue weighted by Crippen LogP contribution is 2.29. The first-order chi connectivity index (χ1) is 10.0. The van der Waals surface area contributed by atoms with Gasteiger partial charge in [0.25, 0.3) is 0 Å². The Kier molecular flexibility index (Phi) is 5.26. The molecule has 1 heterocycles. The molecule has 0 atom stereocenters. The number of aryl methyl sites for hydroxylation is 2. The zero-order chi connectivity index (χ0) is 15.2. The first-order valence-electron chi connectivity index (χ1n) is 6.86. The van der Waals surface area contributed by atoms with E-state index < -0.39 is 17.9 Å². The third-order valence-corrected chi connectivity index (χ3v) is 4.19. The standard InChI is InChI=1S/C13H17N3O4S/c17-10(6-3-7-11(18)19)15-12(20)16-13-14-8-4-1-2-5-9(8)21-13/h1-7H2,(H,18,19)(H2,14,15,16,17,20). The molecular formula is C13H17N3O4S. The Bertz CT molecular complexity index is 532. The lowest BCUT2D eigenvalue weighted by Gasteiger charge is -2.06. The molecule has 0 radical (unpaired) electrons. The van der Waals surface area contributed by atoms with E-state index in [1.165, 1.54) is 16.2 Å². The molecular weight excluding hydrogens is 294 g/mol. The van der Waals surface area contributed by atoms with Crippen molar-refractivity contribution in [1.82, 2.24) is 10.3 Å². The predicted octanol–water partition coefficient (Wildman–Crippen LogP) is 1.92. The van der Waals surface area contributed by atoms with Crippen LogP contribution in [0.4, 0.5) is 9.93 Å². The van der Waals surface area contributed by atoms with Crippen LogP contribution in [0.1, 0.15) is 42.7 Å². The number of fused-ring (bicyclic) bond motifs is 1. The topological polar surface area (TPSA) is 108 Å². The van der Waals surface area contributed by atoms with E-state index in [1.807, 2.05) is 0 Å². The van der Waals surface area contributed by atoms with Crippen LogP contribution in [0.5, 0.6) is 0 Å². The van der Waals surface area contributed by atoms with Gasteiger partial charge in [0.15, 0.2) is 5.13 Å². The fraction of sp³-hybridized carbons (Fsp3) is 0.538. The molecule has 0 bridgehead atoms. The number of nitrogens with zero attached hydrogens (tertiary/aromatic N) is 1. The van der Waals surface area contributed by atoms with Crippen LogP contribution in [0.3, 0.4) is 0 Å². The zero-order valence-electron chi connectivity index (χ0n) is 11.5. The second-order valence-corrected chi connectivity index (χ2v) is 5.93. The second kappa shape index (κ2) is 7.16. The lowest BCUT2D eigenvalue weighted by atomic mass is 10.0. The van der Waals surface area contributed by atoms with Gasteiger partial charge < -0.3 is 5.11 Å². The summed E-state index contributed by atoms with van der Waals surface area (Å²) in [5.41, 5.74) is 1.04. The number of carboxylic acids is 1. The molecule has 0 aliphatic heterocycles. The summed E-state index contributed by atoms with van der Waals surface area (Å²) in [5.74, 6) is -1.45. The molecule has 0 spiro atoms. The molecule has 114 valence electrons. The zero-order valence-corrected chi connectivity index (χ0v) is 12.3. The number of carboxylic acid groups (broad SMARTS) is 1. The molecule has 2 rings (SSSR count). The molecule has 1 aliphatic rings. The van der Waals surface area contributed by atoms with E-state index in [2.05, 4.69) is 15.6 Å². The number of nitrogens with one attached hydrogen (secondary N) is 2. The summed E-state index contributed by atoms with van der Waals surface area (Å²) in [7, 11) is 0. The van der Waals surface area contributed by atoms with Gasteiger partial charge in [-0.15, -0.1) is 11.3 Å². The molecule has 0 fully saturated rings. The molecule has 0 saturated carbocycles. The molecule has 3 amide bonds. The first-order valence-corrected chi connectivity index (χ1v) is 7.67. The lowest BCUT2D eigenvalue weighted by Crippen LogP contribution is -2.34. The van der Waals surface area contributed by atoms with Crippen molar-refractivity contribution in [2.45, 2.75) is 44.9 Å². The number of carbonyl (C=O) groups is 3. The van der Waals surface area contributed by atoms with Gasteiger partial charge in [-0.05, 0) is 32.1 Å². The molecule has 21 heavy (non-hydrogen) atoms. The van der Waals surface area contributed by atoms with Crippen LogP contribution >= 0.6 is 11.3 Å². The predicted molar refractivity (Wildman–Crippen MR) is 77.4 cm³/mol. The van der Waals surface area contributed by atoms with Gasteiger partial charge in [-0.1, -0.05) is 0 Å². The van der Waals surface area contributed by atoms with E-state index in [0.717, 1.165) is 31.4 Å². The molecule has 1 aromatic heterocycles. The molecule has 3 N–H and O–H groups in total. The SMILES string of the molecule is O=C(O)CCCC(=O)NC(=O)Nc1nc2c(s1)CCCC2. The van der Waals surface area contributed by atoms with E-state index in [-0.39, 0.29) is 19.3 Å². The Hall–Kier alpha value is -1.96. The smallest absolute Gasteiger partial charge is 0.327 e. The molecule has 7 nitrogen and oxygen atoms in total. The highest BCUT2D eigenvalue weighted by atomic mass is 32.1. The summed E-state index contributed by atoms with van der Waals surface area (Å²) in [6, 6.07) is -0.624. The monoisotopic (exact) mass is 311 g/mol. The second-order valence-electron chi connectivity index (χ2n) is 4.85. The number of amides is 3. The average Bonchev–Trinajstić information content (AvgIpc) is 2.79. The van der Waals surface area contributed by atoms with Crippen molar-refractivity contribution in [3.8, 4) is 0 Å². The number of thiazole rings is 1. The van der Waals surface area contributed by atoms with E-state index in [0.29, 0.717) is 5.13 Å². The third kappa shape index (κ3) is 4.82. The van der Waals surface area contributed by atoms with Gasteiger partial charge >= 0.3 is 12.0 Å². The van der Waals surface area contributed by atoms with Gasteiger partial charge in [0, 0.05) is 17.7 Å². The number of hydrogen-bond donors (Lipinski definition) is 3. The quantitative estimate of drug-likeness (QED) is 0.770. The van der Waals surface area contributed by atoms with Gasteiger partial charge in [0.05, 0.1) is 5.69 Å². The van der Waals surface area contributed by atoms with Crippen molar-refractivity contribution in [1.29, 1.82) is 0 Å². The molecule has 1 aliphatic carbocycles. The number of aliphatic carboxylic acids is 1. The summed E-state index contributed by atoms with van der Waals surface area (Å²) in [5, 5.41) is 13.7. The molecule has 1 aromatic rings. The molecule has 0 unspecified atom stereocenters. The normalized spacial score (nSPS) is 13.3. The number of urea groups is 1. The van der Waals surface area contributed by atoms with E-state index in [9.17, 15) is 14.4 Å². The van der Waals surface area contributed by atoms with E-state index in [1.54, 1.807) is 0 Å². The molecule has 8 heteroatoms. The van der Waals surface area contributed by atoms with Gasteiger partial charge in [-0.25, -0.2) is 9.78 Å². The van der Waals surface area contributed by atoms with Crippen molar-refractivity contribution in [2.75, 3.05) is 5.32 Å². The van der Waals surface area contributed by atoms with E-state index in [4.69, 9.17) is 5.11 Å². The minimum absolute atomic E-state index is 0.00802. The van der Waals surface area contributed by atoms with Gasteiger partial charge in [0.1, 0.15) is 0 Å². The third-order valence-electron chi connectivity index (χ3n) is 3.11. The number of aromatic nitrogens is 1. The minimum atomic E-state index is -0.958. The van der Waals surface area contributed by atoms with Crippen LogP contribution in [0, 0.1) is 0 Å². The number of anilines is 1. The van der Waals surface area contributed by atoms with Gasteiger partial charge in [0.2, 0.25) is 5.91 Å². The Morgan fingerprint density at radius 2 is 1.95 bits per heavy atom. The summed E-state index contributed by atoms with van der Waals surface area (Å²) in [6.07, 6.45) is 4.31. The highest BCUT2D eigenvalue weighted by molar-refractivity contribution is 7.15. The number of hydrogen-bond acceptors (Lipinski definition) is 5. The fourth-order valence-corrected chi connectivity index (χ4v) is 3.17. The number of imide groups is 1. The molecule has 0 saturated heterocycles. The van der Waals surface area contributed by atoms with Crippen LogP contribution in [0.2, 0.25) is 0 Å². The number of carbonyl (C=O) groups excluding carboxylic acids is 2. The molecule has 0 aromatic carbocycles. The summed E-state index contributed by atoms with van der Waals surface area (Å²) < 4.78 is 0. The van der Waals surface area contributed by atoms with Crippen LogP contribution in [-0.2, 0) is 22.4 Å². The van der Waals surface area contributed by atoms with Crippen molar-refractivity contribution in [3.63, 3.8) is 0 Å². The van der Waals surface area contributed by atoms with Crippen molar-refractivity contribution >= 4 is 34.4 Å². The maximum Gasteiger partial charge on any atom is 0.327 e. The minimum Gasteiger partial charge on any atom is -0.481 e.